The summed E-state index contributed by atoms with van der Waals surface area (Å²) in [6, 6.07) is -0.936. The first-order valence-corrected chi connectivity index (χ1v) is 5.18. The predicted octanol–water partition coefficient (Wildman–Crippen LogP) is 0.726. The molecule has 90 valence electrons. The highest BCUT2D eigenvalue weighted by atomic mass is 16.4. The topological polar surface area (TPSA) is 81.1 Å². The molecular formula is C11H19N3O2. The molecular weight excluding hydrogens is 206 g/mol. The van der Waals surface area contributed by atoms with Crippen LogP contribution < -0.4 is 5.73 Å². The summed E-state index contributed by atoms with van der Waals surface area (Å²) >= 11 is 0. The van der Waals surface area contributed by atoms with Gasteiger partial charge in [0.15, 0.2) is 0 Å². The van der Waals surface area contributed by atoms with Crippen molar-refractivity contribution in [2.24, 2.45) is 12.8 Å². The molecule has 3 N–H and O–H groups in total. The normalized spacial score (nSPS) is 13.9. The van der Waals surface area contributed by atoms with E-state index in [1.165, 1.54) is 0 Å². The van der Waals surface area contributed by atoms with Crippen molar-refractivity contribution in [3.8, 4) is 0 Å². The lowest BCUT2D eigenvalue weighted by atomic mass is 9.77. The number of aryl methyl sites for hydroxylation is 2. The van der Waals surface area contributed by atoms with Gasteiger partial charge in [0.2, 0.25) is 0 Å². The maximum Gasteiger partial charge on any atom is 0.321 e. The highest BCUT2D eigenvalue weighted by Crippen LogP contribution is 2.31. The summed E-state index contributed by atoms with van der Waals surface area (Å²) in [5.74, 6) is -0.993. The number of carboxylic acid groups (broad SMARTS) is 1. The first-order valence-electron chi connectivity index (χ1n) is 5.18. The fourth-order valence-corrected chi connectivity index (χ4v) is 2.17. The summed E-state index contributed by atoms with van der Waals surface area (Å²) in [7, 11) is 1.84. The molecule has 16 heavy (non-hydrogen) atoms. The van der Waals surface area contributed by atoms with Gasteiger partial charge in [0, 0.05) is 23.7 Å². The first kappa shape index (κ1) is 12.7. The number of rotatable bonds is 3. The third kappa shape index (κ3) is 1.82. The van der Waals surface area contributed by atoms with Crippen LogP contribution in [0.25, 0.3) is 0 Å². The van der Waals surface area contributed by atoms with Crippen molar-refractivity contribution < 1.29 is 9.90 Å². The van der Waals surface area contributed by atoms with Gasteiger partial charge in [-0.2, -0.15) is 5.10 Å². The SMILES string of the molecule is Cc1nn(C)c(C)c1C(C)(C)C(N)C(=O)O. The van der Waals surface area contributed by atoms with E-state index in [1.807, 2.05) is 34.7 Å². The lowest BCUT2D eigenvalue weighted by molar-refractivity contribution is -0.140. The zero-order valence-corrected chi connectivity index (χ0v) is 10.4. The molecule has 5 heteroatoms. The number of hydrogen-bond donors (Lipinski definition) is 2. The summed E-state index contributed by atoms with van der Waals surface area (Å²) in [5.41, 5.74) is 7.82. The highest BCUT2D eigenvalue weighted by Gasteiger charge is 2.37. The van der Waals surface area contributed by atoms with Crippen LogP contribution in [0.5, 0.6) is 0 Å². The maximum atomic E-state index is 11.0. The molecule has 0 saturated heterocycles. The van der Waals surface area contributed by atoms with E-state index in [2.05, 4.69) is 5.10 Å². The van der Waals surface area contributed by atoms with Crippen molar-refractivity contribution in [3.05, 3.63) is 17.0 Å². The number of hydrogen-bond acceptors (Lipinski definition) is 3. The Balaban J connectivity index is 3.31. The van der Waals surface area contributed by atoms with Gasteiger partial charge in [-0.1, -0.05) is 13.8 Å². The van der Waals surface area contributed by atoms with Gasteiger partial charge < -0.3 is 10.8 Å². The Kier molecular flexibility index (Phi) is 3.10. The largest absolute Gasteiger partial charge is 0.480 e. The van der Waals surface area contributed by atoms with E-state index in [0.29, 0.717) is 0 Å². The van der Waals surface area contributed by atoms with E-state index < -0.39 is 17.4 Å². The van der Waals surface area contributed by atoms with Crippen molar-refractivity contribution in [3.63, 3.8) is 0 Å². The second kappa shape index (κ2) is 3.90. The Morgan fingerprint density at radius 3 is 2.31 bits per heavy atom. The van der Waals surface area contributed by atoms with Crippen LogP contribution in [0.1, 0.15) is 30.8 Å². The quantitative estimate of drug-likeness (QED) is 0.794. The molecule has 1 atom stereocenters. The standard InChI is InChI=1S/C11H19N3O2/c1-6-8(7(2)14(5)13-6)11(3,4)9(12)10(15)16/h9H,12H2,1-5H3,(H,15,16). The van der Waals surface area contributed by atoms with Gasteiger partial charge in [0.25, 0.3) is 0 Å². The average molecular weight is 225 g/mol. The molecule has 0 radical (unpaired) electrons. The number of aliphatic carboxylic acids is 1. The Hall–Kier alpha value is -1.36. The lowest BCUT2D eigenvalue weighted by Gasteiger charge is -2.29. The van der Waals surface area contributed by atoms with Crippen molar-refractivity contribution in [2.75, 3.05) is 0 Å². The Morgan fingerprint density at radius 1 is 1.50 bits per heavy atom. The minimum atomic E-state index is -0.993. The predicted molar refractivity (Wildman–Crippen MR) is 61.3 cm³/mol. The summed E-state index contributed by atoms with van der Waals surface area (Å²) in [6.07, 6.45) is 0. The van der Waals surface area contributed by atoms with Crippen LogP contribution in [0, 0.1) is 13.8 Å². The zero-order valence-electron chi connectivity index (χ0n) is 10.4. The molecule has 1 aromatic heterocycles. The van der Waals surface area contributed by atoms with Gasteiger partial charge in [0.05, 0.1) is 5.69 Å². The lowest BCUT2D eigenvalue weighted by Crippen LogP contribution is -2.47. The second-order valence-electron chi connectivity index (χ2n) is 4.71. The van der Waals surface area contributed by atoms with E-state index in [9.17, 15) is 4.79 Å². The molecule has 1 rings (SSSR count). The van der Waals surface area contributed by atoms with Gasteiger partial charge in [-0.25, -0.2) is 0 Å². The van der Waals surface area contributed by atoms with E-state index in [-0.39, 0.29) is 0 Å². The Labute approximate surface area is 95.3 Å². The molecule has 0 spiro atoms. The summed E-state index contributed by atoms with van der Waals surface area (Å²) in [5, 5.41) is 13.3. The molecule has 5 nitrogen and oxygen atoms in total. The number of nitrogens with two attached hydrogens (primary N) is 1. The number of nitrogens with zero attached hydrogens (tertiary/aromatic N) is 2. The molecule has 0 aromatic carbocycles. The highest BCUT2D eigenvalue weighted by molar-refractivity contribution is 5.75. The van der Waals surface area contributed by atoms with Crippen LogP contribution in [0.3, 0.4) is 0 Å². The number of carboxylic acids is 1. The van der Waals surface area contributed by atoms with E-state index in [0.717, 1.165) is 17.0 Å². The van der Waals surface area contributed by atoms with Crippen molar-refractivity contribution in [1.82, 2.24) is 9.78 Å². The van der Waals surface area contributed by atoms with Gasteiger partial charge in [0.1, 0.15) is 6.04 Å². The van der Waals surface area contributed by atoms with Gasteiger partial charge in [-0.05, 0) is 13.8 Å². The van der Waals surface area contributed by atoms with Crippen molar-refractivity contribution in [1.29, 1.82) is 0 Å². The molecule has 0 aliphatic carbocycles. The van der Waals surface area contributed by atoms with E-state index in [1.54, 1.807) is 4.68 Å². The van der Waals surface area contributed by atoms with E-state index in [4.69, 9.17) is 10.8 Å². The summed E-state index contributed by atoms with van der Waals surface area (Å²) in [4.78, 5) is 11.0. The maximum absolute atomic E-state index is 11.0. The monoisotopic (exact) mass is 225 g/mol. The third-order valence-electron chi connectivity index (χ3n) is 3.20. The molecule has 0 saturated carbocycles. The zero-order chi connectivity index (χ0) is 12.7. The fourth-order valence-electron chi connectivity index (χ4n) is 2.17. The molecule has 1 aromatic rings. The smallest absolute Gasteiger partial charge is 0.321 e. The molecule has 0 bridgehead atoms. The van der Waals surface area contributed by atoms with Crippen LogP contribution in [0.15, 0.2) is 0 Å². The van der Waals surface area contributed by atoms with Crippen molar-refractivity contribution >= 4 is 5.97 Å². The van der Waals surface area contributed by atoms with Gasteiger partial charge in [-0.3, -0.25) is 9.48 Å². The van der Waals surface area contributed by atoms with Crippen LogP contribution in [-0.2, 0) is 17.3 Å². The molecule has 0 amide bonds. The molecule has 0 fully saturated rings. The first-order chi connectivity index (χ1) is 7.19. The fraction of sp³-hybridized carbons (Fsp3) is 0.636. The molecule has 0 aliphatic heterocycles. The van der Waals surface area contributed by atoms with E-state index >= 15 is 0 Å². The number of aromatic nitrogens is 2. The van der Waals surface area contributed by atoms with Gasteiger partial charge >= 0.3 is 5.97 Å². The molecule has 1 unspecified atom stereocenters. The van der Waals surface area contributed by atoms with Crippen LogP contribution in [-0.4, -0.2) is 26.9 Å². The third-order valence-corrected chi connectivity index (χ3v) is 3.20. The molecule has 1 heterocycles. The average Bonchev–Trinajstić information content (AvgIpc) is 2.39. The van der Waals surface area contributed by atoms with Crippen LogP contribution >= 0.6 is 0 Å². The minimum Gasteiger partial charge on any atom is -0.480 e. The second-order valence-corrected chi connectivity index (χ2v) is 4.71. The summed E-state index contributed by atoms with van der Waals surface area (Å²) < 4.78 is 1.75. The Morgan fingerprint density at radius 2 is 2.00 bits per heavy atom. The minimum absolute atomic E-state index is 0.631. The molecule has 0 aliphatic rings. The Bertz CT molecular complexity index is 421. The summed E-state index contributed by atoms with van der Waals surface area (Å²) in [6.45, 7) is 7.47. The van der Waals surface area contributed by atoms with Crippen LogP contribution in [0.2, 0.25) is 0 Å². The van der Waals surface area contributed by atoms with Gasteiger partial charge in [-0.15, -0.1) is 0 Å². The number of carbonyl (C=O) groups is 1. The van der Waals surface area contributed by atoms with Crippen molar-refractivity contribution in [2.45, 2.75) is 39.2 Å². The van der Waals surface area contributed by atoms with Crippen LogP contribution in [0.4, 0.5) is 0 Å².